The topological polar surface area (TPSA) is 50.4 Å². The van der Waals surface area contributed by atoms with Crippen molar-refractivity contribution in [2.45, 2.75) is 24.8 Å². The molecule has 0 radical (unpaired) electrons. The van der Waals surface area contributed by atoms with Gasteiger partial charge < -0.3 is 11.1 Å². The van der Waals surface area contributed by atoms with Gasteiger partial charge in [0.2, 0.25) is 0 Å². The van der Waals surface area contributed by atoms with Crippen LogP contribution >= 0.6 is 24.0 Å². The van der Waals surface area contributed by atoms with Crippen molar-refractivity contribution < 1.29 is 4.39 Å². The summed E-state index contributed by atoms with van der Waals surface area (Å²) in [4.78, 5) is 4.34. The molecule has 0 saturated heterocycles. The quantitative estimate of drug-likeness (QED) is 0.438. The van der Waals surface area contributed by atoms with Gasteiger partial charge in [-0.1, -0.05) is 48.5 Å². The fraction of sp³-hybridized carbons (Fsp3) is 0.278. The molecule has 1 aliphatic carbocycles. The number of aliphatic imine (C=N–C) groups is 1. The van der Waals surface area contributed by atoms with E-state index in [4.69, 9.17) is 5.73 Å². The van der Waals surface area contributed by atoms with E-state index in [1.807, 2.05) is 30.3 Å². The molecule has 3 N–H and O–H groups in total. The lowest BCUT2D eigenvalue weighted by Crippen LogP contribution is -2.34. The van der Waals surface area contributed by atoms with Crippen LogP contribution in [0.3, 0.4) is 0 Å². The molecule has 1 aliphatic rings. The monoisotopic (exact) mass is 425 g/mol. The maximum absolute atomic E-state index is 13.7. The smallest absolute Gasteiger partial charge is 0.188 e. The second kappa shape index (κ2) is 8.29. The van der Waals surface area contributed by atoms with Gasteiger partial charge in [0.05, 0.1) is 0 Å². The number of hydrogen-bond donors (Lipinski definition) is 2. The standard InChI is InChI=1S/C18H20FN3.HI/c19-16-9-5-4-8-14(16)15-12-17(15)22-18(20)21-11-10-13-6-2-1-3-7-13;/h1-9,15,17H,10-12H2,(H3,20,21,22);1H. The van der Waals surface area contributed by atoms with Gasteiger partial charge in [0, 0.05) is 18.5 Å². The normalized spacial score (nSPS) is 19.8. The fourth-order valence-corrected chi connectivity index (χ4v) is 2.66. The van der Waals surface area contributed by atoms with Gasteiger partial charge >= 0.3 is 0 Å². The van der Waals surface area contributed by atoms with E-state index in [-0.39, 0.29) is 41.8 Å². The van der Waals surface area contributed by atoms with Crippen LogP contribution in [-0.2, 0) is 6.42 Å². The van der Waals surface area contributed by atoms with Crippen LogP contribution in [0.5, 0.6) is 0 Å². The van der Waals surface area contributed by atoms with Crippen molar-refractivity contribution in [2.75, 3.05) is 6.54 Å². The van der Waals surface area contributed by atoms with Gasteiger partial charge in [0.25, 0.3) is 0 Å². The van der Waals surface area contributed by atoms with E-state index in [2.05, 4.69) is 22.4 Å². The number of benzene rings is 2. The molecular formula is C18H21FIN3. The predicted molar refractivity (Wildman–Crippen MR) is 103 cm³/mol. The Morgan fingerprint density at radius 3 is 2.57 bits per heavy atom. The lowest BCUT2D eigenvalue weighted by atomic mass is 10.1. The third-order valence-corrected chi connectivity index (χ3v) is 3.95. The van der Waals surface area contributed by atoms with Crippen LogP contribution in [0.2, 0.25) is 0 Å². The van der Waals surface area contributed by atoms with Crippen LogP contribution in [0.25, 0.3) is 0 Å². The Bertz CT molecular complexity index is 660. The first kappa shape index (κ1) is 17.7. The molecule has 2 unspecified atom stereocenters. The fourth-order valence-electron chi connectivity index (χ4n) is 2.66. The Hall–Kier alpha value is -1.63. The average Bonchev–Trinajstić information content (AvgIpc) is 3.27. The maximum Gasteiger partial charge on any atom is 0.188 e. The number of nitrogens with two attached hydrogens (primary N) is 1. The summed E-state index contributed by atoms with van der Waals surface area (Å²) < 4.78 is 13.7. The number of guanidine groups is 1. The molecule has 0 heterocycles. The predicted octanol–water partition coefficient (Wildman–Crippen LogP) is 3.45. The van der Waals surface area contributed by atoms with Crippen LogP contribution < -0.4 is 11.1 Å². The number of nitrogens with one attached hydrogen (secondary N) is 1. The third kappa shape index (κ3) is 4.92. The molecular weight excluding hydrogens is 404 g/mol. The third-order valence-electron chi connectivity index (χ3n) is 3.95. The number of nitrogens with zero attached hydrogens (tertiary/aromatic N) is 1. The Labute approximate surface area is 153 Å². The van der Waals surface area contributed by atoms with Gasteiger partial charge in [-0.05, 0) is 30.0 Å². The van der Waals surface area contributed by atoms with Crippen molar-refractivity contribution in [1.29, 1.82) is 0 Å². The van der Waals surface area contributed by atoms with Crippen LogP contribution in [0.4, 0.5) is 4.39 Å². The second-order valence-corrected chi connectivity index (χ2v) is 5.62. The summed E-state index contributed by atoms with van der Waals surface area (Å²) in [6, 6.07) is 17.3. The van der Waals surface area contributed by atoms with Crippen LogP contribution in [0.1, 0.15) is 23.5 Å². The summed E-state index contributed by atoms with van der Waals surface area (Å²) in [6.07, 6.45) is 1.76. The van der Waals surface area contributed by atoms with Crippen LogP contribution in [0, 0.1) is 5.82 Å². The van der Waals surface area contributed by atoms with E-state index in [0.29, 0.717) is 12.5 Å². The molecule has 2 aromatic rings. The highest BCUT2D eigenvalue weighted by atomic mass is 127. The number of hydrogen-bond acceptors (Lipinski definition) is 1. The summed E-state index contributed by atoms with van der Waals surface area (Å²) in [5.74, 6) is 0.500. The molecule has 3 rings (SSSR count). The molecule has 0 bridgehead atoms. The average molecular weight is 425 g/mol. The summed E-state index contributed by atoms with van der Waals surface area (Å²) >= 11 is 0. The summed E-state index contributed by atoms with van der Waals surface area (Å²) in [7, 11) is 0. The Balaban J connectivity index is 0.00000192. The molecule has 5 heteroatoms. The molecule has 3 nitrogen and oxygen atoms in total. The SMILES string of the molecule is I.NC(=NCCc1ccccc1)NC1CC1c1ccccc1F. The molecule has 0 aliphatic heterocycles. The highest BCUT2D eigenvalue weighted by molar-refractivity contribution is 14.0. The maximum atomic E-state index is 13.7. The largest absolute Gasteiger partial charge is 0.370 e. The van der Waals surface area contributed by atoms with Gasteiger partial charge in [-0.25, -0.2) is 4.39 Å². The molecule has 1 fully saturated rings. The zero-order valence-electron chi connectivity index (χ0n) is 12.8. The minimum Gasteiger partial charge on any atom is -0.370 e. The highest BCUT2D eigenvalue weighted by Crippen LogP contribution is 2.41. The zero-order chi connectivity index (χ0) is 15.4. The number of halogens is 2. The lowest BCUT2D eigenvalue weighted by Gasteiger charge is -2.06. The van der Waals surface area contributed by atoms with Gasteiger partial charge in [-0.3, -0.25) is 4.99 Å². The van der Waals surface area contributed by atoms with E-state index in [1.165, 1.54) is 11.6 Å². The summed E-state index contributed by atoms with van der Waals surface area (Å²) in [5.41, 5.74) is 7.91. The summed E-state index contributed by atoms with van der Waals surface area (Å²) in [5, 5.41) is 3.18. The molecule has 2 atom stereocenters. The Kier molecular flexibility index (Phi) is 6.38. The molecule has 122 valence electrons. The van der Waals surface area contributed by atoms with Crippen molar-refractivity contribution in [3.05, 3.63) is 71.5 Å². The van der Waals surface area contributed by atoms with E-state index in [1.54, 1.807) is 6.07 Å². The molecule has 1 saturated carbocycles. The molecule has 0 amide bonds. The first-order chi connectivity index (χ1) is 10.7. The first-order valence-corrected chi connectivity index (χ1v) is 7.59. The van der Waals surface area contributed by atoms with E-state index in [9.17, 15) is 4.39 Å². The summed E-state index contributed by atoms with van der Waals surface area (Å²) in [6.45, 7) is 0.653. The van der Waals surface area contributed by atoms with E-state index < -0.39 is 0 Å². The van der Waals surface area contributed by atoms with E-state index in [0.717, 1.165) is 18.4 Å². The van der Waals surface area contributed by atoms with Crippen LogP contribution in [0.15, 0.2) is 59.6 Å². The van der Waals surface area contributed by atoms with Crippen molar-refractivity contribution in [3.8, 4) is 0 Å². The Morgan fingerprint density at radius 2 is 1.83 bits per heavy atom. The van der Waals surface area contributed by atoms with Crippen molar-refractivity contribution in [3.63, 3.8) is 0 Å². The van der Waals surface area contributed by atoms with Crippen molar-refractivity contribution >= 4 is 29.9 Å². The molecule has 2 aromatic carbocycles. The highest BCUT2D eigenvalue weighted by Gasteiger charge is 2.40. The van der Waals surface area contributed by atoms with Gasteiger partial charge in [-0.2, -0.15) is 0 Å². The second-order valence-electron chi connectivity index (χ2n) is 5.62. The molecule has 0 aromatic heterocycles. The van der Waals surface area contributed by atoms with Crippen LogP contribution in [-0.4, -0.2) is 18.5 Å². The van der Waals surface area contributed by atoms with E-state index >= 15 is 0 Å². The Morgan fingerprint density at radius 1 is 1.13 bits per heavy atom. The van der Waals surface area contributed by atoms with Gasteiger partial charge in [0.15, 0.2) is 5.96 Å². The molecule has 0 spiro atoms. The number of rotatable bonds is 5. The zero-order valence-corrected chi connectivity index (χ0v) is 15.1. The lowest BCUT2D eigenvalue weighted by molar-refractivity contribution is 0.608. The van der Waals surface area contributed by atoms with Gasteiger partial charge in [-0.15, -0.1) is 24.0 Å². The molecule has 23 heavy (non-hydrogen) atoms. The van der Waals surface area contributed by atoms with Crippen molar-refractivity contribution in [2.24, 2.45) is 10.7 Å². The minimum atomic E-state index is -0.142. The first-order valence-electron chi connectivity index (χ1n) is 7.59. The minimum absolute atomic E-state index is 0. The van der Waals surface area contributed by atoms with Gasteiger partial charge in [0.1, 0.15) is 5.82 Å². The van der Waals surface area contributed by atoms with Crippen molar-refractivity contribution in [1.82, 2.24) is 5.32 Å².